The van der Waals surface area contributed by atoms with Crippen LogP contribution in [0.5, 0.6) is 0 Å². The number of aryl methyl sites for hydroxylation is 2. The highest BCUT2D eigenvalue weighted by atomic mass is 32.2. The minimum atomic E-state index is -3.83. The third kappa shape index (κ3) is 4.68. The highest BCUT2D eigenvalue weighted by Gasteiger charge is 2.23. The van der Waals surface area contributed by atoms with Gasteiger partial charge in [0.15, 0.2) is 0 Å². The predicted molar refractivity (Wildman–Crippen MR) is 118 cm³/mol. The Hall–Kier alpha value is -3.19. The first-order chi connectivity index (χ1) is 14.2. The zero-order valence-electron chi connectivity index (χ0n) is 17.5. The van der Waals surface area contributed by atoms with Gasteiger partial charge >= 0.3 is 0 Å². The molecule has 3 rings (SSSR count). The van der Waals surface area contributed by atoms with E-state index in [0.717, 1.165) is 11.1 Å². The monoisotopic (exact) mass is 423 g/mol. The van der Waals surface area contributed by atoms with Crippen LogP contribution in [0, 0.1) is 13.8 Å². The molecule has 0 aliphatic carbocycles. The lowest BCUT2D eigenvalue weighted by Crippen LogP contribution is -2.30. The van der Waals surface area contributed by atoms with Crippen molar-refractivity contribution in [3.05, 3.63) is 89.2 Å². The first kappa shape index (κ1) is 21.5. The SMILES string of the molecule is Cc1cccc(NS(=O)(=O)c2ccc(C)c(C(=O)N(C)C(C)c3cccnc3)c2)c1. The van der Waals surface area contributed by atoms with Crippen LogP contribution in [-0.2, 0) is 10.0 Å². The summed E-state index contributed by atoms with van der Waals surface area (Å²) in [5.41, 5.74) is 3.38. The van der Waals surface area contributed by atoms with Gasteiger partial charge in [-0.15, -0.1) is 0 Å². The van der Waals surface area contributed by atoms with E-state index in [4.69, 9.17) is 0 Å². The molecule has 1 atom stereocenters. The second-order valence-electron chi connectivity index (χ2n) is 7.33. The van der Waals surface area contributed by atoms with E-state index in [1.54, 1.807) is 55.5 Å². The van der Waals surface area contributed by atoms with E-state index in [1.165, 1.54) is 12.1 Å². The molecule has 1 aromatic heterocycles. The predicted octanol–water partition coefficient (Wildman–Crippen LogP) is 4.33. The molecule has 156 valence electrons. The highest BCUT2D eigenvalue weighted by Crippen LogP contribution is 2.24. The van der Waals surface area contributed by atoms with Crippen molar-refractivity contribution >= 4 is 21.6 Å². The molecule has 0 fully saturated rings. The summed E-state index contributed by atoms with van der Waals surface area (Å²) in [6, 6.07) is 15.2. The Balaban J connectivity index is 1.90. The summed E-state index contributed by atoms with van der Waals surface area (Å²) in [5.74, 6) is -0.253. The molecular weight excluding hydrogens is 398 g/mol. The van der Waals surface area contributed by atoms with Crippen LogP contribution in [0.15, 0.2) is 71.9 Å². The maximum Gasteiger partial charge on any atom is 0.261 e. The van der Waals surface area contributed by atoms with Gasteiger partial charge in [-0.3, -0.25) is 14.5 Å². The average molecular weight is 424 g/mol. The largest absolute Gasteiger partial charge is 0.335 e. The van der Waals surface area contributed by atoms with E-state index in [9.17, 15) is 13.2 Å². The third-order valence-corrected chi connectivity index (χ3v) is 6.47. The summed E-state index contributed by atoms with van der Waals surface area (Å²) in [6.45, 7) is 5.59. The van der Waals surface area contributed by atoms with Crippen molar-refractivity contribution in [1.29, 1.82) is 0 Å². The van der Waals surface area contributed by atoms with Crippen molar-refractivity contribution in [3.63, 3.8) is 0 Å². The van der Waals surface area contributed by atoms with E-state index in [0.29, 0.717) is 16.8 Å². The van der Waals surface area contributed by atoms with Gasteiger partial charge in [-0.05, 0) is 67.8 Å². The number of aromatic nitrogens is 1. The summed E-state index contributed by atoms with van der Waals surface area (Å²) in [4.78, 5) is 18.9. The van der Waals surface area contributed by atoms with E-state index in [2.05, 4.69) is 9.71 Å². The van der Waals surface area contributed by atoms with Gasteiger partial charge in [0.25, 0.3) is 15.9 Å². The van der Waals surface area contributed by atoms with Gasteiger partial charge in [-0.2, -0.15) is 0 Å². The molecule has 7 heteroatoms. The first-order valence-corrected chi connectivity index (χ1v) is 11.0. The summed E-state index contributed by atoms with van der Waals surface area (Å²) < 4.78 is 28.3. The van der Waals surface area contributed by atoms with Gasteiger partial charge in [-0.25, -0.2) is 8.42 Å². The molecule has 0 aliphatic heterocycles. The average Bonchev–Trinajstić information content (AvgIpc) is 2.72. The number of anilines is 1. The fourth-order valence-electron chi connectivity index (χ4n) is 3.13. The lowest BCUT2D eigenvalue weighted by atomic mass is 10.1. The fourth-order valence-corrected chi connectivity index (χ4v) is 4.21. The fraction of sp³-hybridized carbons (Fsp3) is 0.217. The Labute approximate surface area is 177 Å². The van der Waals surface area contributed by atoms with E-state index in [-0.39, 0.29) is 16.8 Å². The maximum atomic E-state index is 13.2. The van der Waals surface area contributed by atoms with Gasteiger partial charge in [0.2, 0.25) is 0 Å². The van der Waals surface area contributed by atoms with Crippen LogP contribution < -0.4 is 4.72 Å². The van der Waals surface area contributed by atoms with Crippen molar-refractivity contribution in [3.8, 4) is 0 Å². The second-order valence-corrected chi connectivity index (χ2v) is 9.01. The minimum Gasteiger partial charge on any atom is -0.335 e. The van der Waals surface area contributed by atoms with Crippen LogP contribution >= 0.6 is 0 Å². The standard InChI is InChI=1S/C23H25N3O3S/c1-16-7-5-9-20(13-16)25-30(28,29)21-11-10-17(2)22(14-21)23(27)26(4)18(3)19-8-6-12-24-15-19/h5-15,18,25H,1-4H3. The zero-order chi connectivity index (χ0) is 21.9. The van der Waals surface area contributed by atoms with Crippen LogP contribution in [-0.4, -0.2) is 31.3 Å². The van der Waals surface area contributed by atoms with Crippen LogP contribution in [0.1, 0.15) is 40.0 Å². The Morgan fingerprint density at radius 1 is 1.07 bits per heavy atom. The molecule has 1 N–H and O–H groups in total. The number of rotatable bonds is 6. The van der Waals surface area contributed by atoms with E-state index in [1.807, 2.05) is 32.0 Å². The quantitative estimate of drug-likeness (QED) is 0.640. The maximum absolute atomic E-state index is 13.2. The number of carbonyl (C=O) groups is 1. The molecule has 30 heavy (non-hydrogen) atoms. The number of hydrogen-bond acceptors (Lipinski definition) is 4. The molecule has 0 spiro atoms. The van der Waals surface area contributed by atoms with Gasteiger partial charge in [0, 0.05) is 30.7 Å². The molecule has 0 saturated carbocycles. The number of benzene rings is 2. The molecule has 0 bridgehead atoms. The number of nitrogens with one attached hydrogen (secondary N) is 1. The molecule has 1 unspecified atom stereocenters. The Bertz CT molecular complexity index is 1160. The van der Waals surface area contributed by atoms with Gasteiger partial charge < -0.3 is 4.90 Å². The second kappa shape index (κ2) is 8.67. The third-order valence-electron chi connectivity index (χ3n) is 5.09. The van der Waals surface area contributed by atoms with E-state index < -0.39 is 10.0 Å². The van der Waals surface area contributed by atoms with Crippen LogP contribution in [0.2, 0.25) is 0 Å². The molecular formula is C23H25N3O3S. The molecule has 6 nitrogen and oxygen atoms in total. The summed E-state index contributed by atoms with van der Waals surface area (Å²) >= 11 is 0. The summed E-state index contributed by atoms with van der Waals surface area (Å²) in [6.07, 6.45) is 3.39. The number of nitrogens with zero attached hydrogens (tertiary/aromatic N) is 2. The number of carbonyl (C=O) groups excluding carboxylic acids is 1. The normalized spacial score (nSPS) is 12.3. The lowest BCUT2D eigenvalue weighted by molar-refractivity contribution is 0.0741. The van der Waals surface area contributed by atoms with Crippen LogP contribution in [0.3, 0.4) is 0 Å². The summed E-state index contributed by atoms with van der Waals surface area (Å²) in [7, 11) is -2.13. The molecule has 2 aromatic carbocycles. The van der Waals surface area contributed by atoms with E-state index >= 15 is 0 Å². The molecule has 1 heterocycles. The first-order valence-electron chi connectivity index (χ1n) is 9.56. The highest BCUT2D eigenvalue weighted by molar-refractivity contribution is 7.92. The smallest absolute Gasteiger partial charge is 0.261 e. The minimum absolute atomic E-state index is 0.0420. The lowest BCUT2D eigenvalue weighted by Gasteiger charge is -2.26. The Morgan fingerprint density at radius 3 is 2.50 bits per heavy atom. The van der Waals surface area contributed by atoms with Crippen LogP contribution in [0.4, 0.5) is 5.69 Å². The van der Waals surface area contributed by atoms with Crippen molar-refractivity contribution < 1.29 is 13.2 Å². The van der Waals surface area contributed by atoms with Gasteiger partial charge in [-0.1, -0.05) is 24.3 Å². The molecule has 0 radical (unpaired) electrons. The van der Waals surface area contributed by atoms with Crippen molar-refractivity contribution in [2.75, 3.05) is 11.8 Å². The number of amides is 1. The number of pyridine rings is 1. The molecule has 0 saturated heterocycles. The molecule has 0 aliphatic rings. The van der Waals surface area contributed by atoms with Gasteiger partial charge in [0.05, 0.1) is 10.9 Å². The molecule has 1 amide bonds. The Kier molecular flexibility index (Phi) is 6.22. The summed E-state index contributed by atoms with van der Waals surface area (Å²) in [5, 5.41) is 0. The number of sulfonamides is 1. The van der Waals surface area contributed by atoms with Crippen LogP contribution in [0.25, 0.3) is 0 Å². The van der Waals surface area contributed by atoms with Crippen molar-refractivity contribution in [2.24, 2.45) is 0 Å². The topological polar surface area (TPSA) is 79.4 Å². The number of hydrogen-bond donors (Lipinski definition) is 1. The Morgan fingerprint density at radius 2 is 1.83 bits per heavy atom. The van der Waals surface area contributed by atoms with Gasteiger partial charge in [0.1, 0.15) is 0 Å². The van der Waals surface area contributed by atoms with Crippen molar-refractivity contribution in [1.82, 2.24) is 9.88 Å². The zero-order valence-corrected chi connectivity index (χ0v) is 18.3. The molecule has 3 aromatic rings. The van der Waals surface area contributed by atoms with Crippen molar-refractivity contribution in [2.45, 2.75) is 31.7 Å².